The van der Waals surface area contributed by atoms with Gasteiger partial charge in [-0.15, -0.1) is 0 Å². The number of carbonyl (C=O) groups excluding carboxylic acids is 1. The molecule has 2 aromatic rings. The molecular formula is C21H23NO4. The average molecular weight is 353 g/mol. The van der Waals surface area contributed by atoms with Crippen LogP contribution in [0.2, 0.25) is 0 Å². The van der Waals surface area contributed by atoms with Crippen molar-refractivity contribution in [2.24, 2.45) is 0 Å². The summed E-state index contributed by atoms with van der Waals surface area (Å²) in [6, 6.07) is 17.7. The third-order valence-electron chi connectivity index (χ3n) is 5.05. The zero-order valence-electron chi connectivity index (χ0n) is 14.6. The van der Waals surface area contributed by atoms with Crippen LogP contribution in [0.1, 0.15) is 34.3 Å². The largest absolute Gasteiger partial charge is 0.479 e. The molecule has 136 valence electrons. The summed E-state index contributed by atoms with van der Waals surface area (Å²) < 4.78 is 0. The van der Waals surface area contributed by atoms with Crippen LogP contribution in [0.3, 0.4) is 0 Å². The van der Waals surface area contributed by atoms with Gasteiger partial charge in [-0.3, -0.25) is 4.79 Å². The smallest absolute Gasteiger partial charge is 0.335 e. The van der Waals surface area contributed by atoms with Crippen molar-refractivity contribution < 1.29 is 19.8 Å². The molecule has 0 radical (unpaired) electrons. The molecule has 1 heterocycles. The Morgan fingerprint density at radius 2 is 1.54 bits per heavy atom. The third-order valence-corrected chi connectivity index (χ3v) is 5.05. The van der Waals surface area contributed by atoms with E-state index in [9.17, 15) is 14.7 Å². The number of aryl methyl sites for hydroxylation is 2. The summed E-state index contributed by atoms with van der Waals surface area (Å²) in [7, 11) is 0. The lowest BCUT2D eigenvalue weighted by Gasteiger charge is -2.35. The lowest BCUT2D eigenvalue weighted by atomic mass is 9.91. The Kier molecular flexibility index (Phi) is 5.38. The molecule has 0 spiro atoms. The number of piperidine rings is 1. The average Bonchev–Trinajstić information content (AvgIpc) is 2.67. The van der Waals surface area contributed by atoms with Crippen LogP contribution in [0.15, 0.2) is 54.6 Å². The van der Waals surface area contributed by atoms with Crippen LogP contribution >= 0.6 is 0 Å². The van der Waals surface area contributed by atoms with Crippen molar-refractivity contribution >= 4 is 11.9 Å². The molecule has 0 atom stereocenters. The summed E-state index contributed by atoms with van der Waals surface area (Å²) >= 11 is 0. The summed E-state index contributed by atoms with van der Waals surface area (Å²) in [5.41, 5.74) is 1.15. The topological polar surface area (TPSA) is 77.8 Å². The number of hydrogen-bond acceptors (Lipinski definition) is 3. The first-order valence-electron chi connectivity index (χ1n) is 8.86. The highest BCUT2D eigenvalue weighted by molar-refractivity contribution is 5.96. The van der Waals surface area contributed by atoms with Gasteiger partial charge < -0.3 is 15.1 Å². The number of carbonyl (C=O) groups is 2. The van der Waals surface area contributed by atoms with Crippen molar-refractivity contribution in [3.8, 4) is 0 Å². The maximum absolute atomic E-state index is 12.9. The van der Waals surface area contributed by atoms with Crippen LogP contribution in [-0.4, -0.2) is 45.7 Å². The first kappa shape index (κ1) is 18.1. The van der Waals surface area contributed by atoms with Gasteiger partial charge in [0, 0.05) is 31.5 Å². The first-order valence-corrected chi connectivity index (χ1v) is 8.86. The highest BCUT2D eigenvalue weighted by Crippen LogP contribution is 2.24. The predicted molar refractivity (Wildman–Crippen MR) is 98.0 cm³/mol. The van der Waals surface area contributed by atoms with Crippen molar-refractivity contribution in [2.45, 2.75) is 31.3 Å². The first-order chi connectivity index (χ1) is 12.5. The minimum Gasteiger partial charge on any atom is -0.479 e. The Morgan fingerprint density at radius 1 is 0.923 bits per heavy atom. The second kappa shape index (κ2) is 7.70. The zero-order valence-corrected chi connectivity index (χ0v) is 14.6. The molecule has 1 saturated heterocycles. The monoisotopic (exact) mass is 353 g/mol. The molecule has 0 bridgehead atoms. The van der Waals surface area contributed by atoms with Crippen molar-refractivity contribution in [1.82, 2.24) is 4.90 Å². The Balaban J connectivity index is 1.69. The minimum absolute atomic E-state index is 0.0558. The number of likely N-dealkylation sites (tertiary alicyclic amines) is 1. The molecule has 2 aromatic carbocycles. The maximum atomic E-state index is 12.9. The fourth-order valence-electron chi connectivity index (χ4n) is 3.33. The van der Waals surface area contributed by atoms with Crippen molar-refractivity contribution in [1.29, 1.82) is 0 Å². The zero-order chi connectivity index (χ0) is 18.6. The molecule has 2 N–H and O–H groups in total. The van der Waals surface area contributed by atoms with Gasteiger partial charge in [0.25, 0.3) is 5.91 Å². The summed E-state index contributed by atoms with van der Waals surface area (Å²) in [6.07, 6.45) is 1.73. The van der Waals surface area contributed by atoms with Gasteiger partial charge in [0.05, 0.1) is 0 Å². The van der Waals surface area contributed by atoms with Crippen molar-refractivity contribution in [2.75, 3.05) is 13.1 Å². The fourth-order valence-corrected chi connectivity index (χ4v) is 3.33. The van der Waals surface area contributed by atoms with Crippen molar-refractivity contribution in [3.05, 3.63) is 71.3 Å². The van der Waals surface area contributed by atoms with Gasteiger partial charge >= 0.3 is 5.97 Å². The molecule has 0 saturated carbocycles. The number of aliphatic hydroxyl groups is 1. The van der Waals surface area contributed by atoms with Gasteiger partial charge in [0.2, 0.25) is 0 Å². The summed E-state index contributed by atoms with van der Waals surface area (Å²) in [5.74, 6) is -1.31. The van der Waals surface area contributed by atoms with Crippen LogP contribution < -0.4 is 0 Å². The molecule has 5 heteroatoms. The van der Waals surface area contributed by atoms with Gasteiger partial charge in [-0.2, -0.15) is 0 Å². The van der Waals surface area contributed by atoms with E-state index in [2.05, 4.69) is 12.1 Å². The van der Waals surface area contributed by atoms with Gasteiger partial charge in [0.1, 0.15) is 0 Å². The molecule has 1 amide bonds. The highest BCUT2D eigenvalue weighted by Gasteiger charge is 2.40. The molecule has 3 rings (SSSR count). The third kappa shape index (κ3) is 3.94. The molecule has 26 heavy (non-hydrogen) atoms. The molecule has 0 aliphatic carbocycles. The standard InChI is InChI=1S/C21H23NO4/c23-19(22-14-12-21(26,13-15-22)20(24)25)18-9-5-4-8-17(18)11-10-16-6-2-1-3-7-16/h1-9,26H,10-15H2,(H,24,25). The second-order valence-electron chi connectivity index (χ2n) is 6.77. The Labute approximate surface area is 152 Å². The summed E-state index contributed by atoms with van der Waals surface area (Å²) in [6.45, 7) is 0.489. The van der Waals surface area contributed by atoms with E-state index in [-0.39, 0.29) is 31.8 Å². The summed E-state index contributed by atoms with van der Waals surface area (Å²) in [5, 5.41) is 19.2. The van der Waals surface area contributed by atoms with E-state index in [1.165, 1.54) is 5.56 Å². The van der Waals surface area contributed by atoms with E-state index < -0.39 is 11.6 Å². The molecule has 0 unspecified atom stereocenters. The fraction of sp³-hybridized carbons (Fsp3) is 0.333. The van der Waals surface area contributed by atoms with Crippen LogP contribution in [0.4, 0.5) is 0 Å². The molecular weight excluding hydrogens is 330 g/mol. The number of benzene rings is 2. The van der Waals surface area contributed by atoms with Crippen LogP contribution in [0.25, 0.3) is 0 Å². The van der Waals surface area contributed by atoms with E-state index >= 15 is 0 Å². The molecule has 5 nitrogen and oxygen atoms in total. The van der Waals surface area contributed by atoms with Gasteiger partial charge in [0.15, 0.2) is 5.60 Å². The molecule has 1 fully saturated rings. The minimum atomic E-state index is -1.72. The second-order valence-corrected chi connectivity index (χ2v) is 6.77. The lowest BCUT2D eigenvalue weighted by molar-refractivity contribution is -0.162. The number of aliphatic carboxylic acids is 1. The Hall–Kier alpha value is -2.66. The quantitative estimate of drug-likeness (QED) is 0.866. The molecule has 1 aliphatic rings. The maximum Gasteiger partial charge on any atom is 0.335 e. The van der Waals surface area contributed by atoms with Crippen LogP contribution in [0.5, 0.6) is 0 Å². The number of rotatable bonds is 5. The van der Waals surface area contributed by atoms with E-state index in [0.717, 1.165) is 18.4 Å². The summed E-state index contributed by atoms with van der Waals surface area (Å²) in [4.78, 5) is 25.7. The lowest BCUT2D eigenvalue weighted by Crippen LogP contribution is -2.50. The Morgan fingerprint density at radius 3 is 2.19 bits per heavy atom. The van der Waals surface area contributed by atoms with E-state index in [0.29, 0.717) is 5.56 Å². The van der Waals surface area contributed by atoms with E-state index in [1.54, 1.807) is 4.90 Å². The number of carboxylic acids is 1. The van der Waals surface area contributed by atoms with Gasteiger partial charge in [-0.05, 0) is 30.0 Å². The number of nitrogens with zero attached hydrogens (tertiary/aromatic N) is 1. The van der Waals surface area contributed by atoms with E-state index in [1.807, 2.05) is 42.5 Å². The van der Waals surface area contributed by atoms with Gasteiger partial charge in [-0.1, -0.05) is 48.5 Å². The van der Waals surface area contributed by atoms with E-state index in [4.69, 9.17) is 5.11 Å². The van der Waals surface area contributed by atoms with Crippen molar-refractivity contribution in [3.63, 3.8) is 0 Å². The molecule has 0 aromatic heterocycles. The normalized spacial score (nSPS) is 16.3. The molecule has 1 aliphatic heterocycles. The number of carboxylic acid groups (broad SMARTS) is 1. The predicted octanol–water partition coefficient (Wildman–Crippen LogP) is 2.52. The number of hydrogen-bond donors (Lipinski definition) is 2. The van der Waals surface area contributed by atoms with Crippen LogP contribution in [-0.2, 0) is 17.6 Å². The van der Waals surface area contributed by atoms with Crippen LogP contribution in [0, 0.1) is 0 Å². The number of amides is 1. The van der Waals surface area contributed by atoms with Gasteiger partial charge in [-0.25, -0.2) is 4.79 Å². The highest BCUT2D eigenvalue weighted by atomic mass is 16.4. The SMILES string of the molecule is O=C(c1ccccc1CCc1ccccc1)N1CCC(O)(C(=O)O)CC1. The Bertz CT molecular complexity index is 780.